The topological polar surface area (TPSA) is 111 Å². The van der Waals surface area contributed by atoms with Crippen LogP contribution in [0.15, 0.2) is 47.4 Å². The van der Waals surface area contributed by atoms with Crippen molar-refractivity contribution in [2.24, 2.45) is 11.3 Å². The molecule has 3 aliphatic carbocycles. The highest BCUT2D eigenvalue weighted by atomic mass is 32.2. The lowest BCUT2D eigenvalue weighted by molar-refractivity contribution is -0.00436. The zero-order chi connectivity index (χ0) is 28.9. The van der Waals surface area contributed by atoms with Crippen molar-refractivity contribution in [1.82, 2.24) is 4.31 Å². The number of rotatable bonds is 7. The van der Waals surface area contributed by atoms with Crippen LogP contribution in [0.2, 0.25) is 0 Å². The fourth-order valence-corrected chi connectivity index (χ4v) is 9.50. The molecular formula is C32H39N3O4S. The maximum absolute atomic E-state index is 14.2. The minimum absolute atomic E-state index is 0.0254. The van der Waals surface area contributed by atoms with Gasteiger partial charge in [-0.25, -0.2) is 8.42 Å². The van der Waals surface area contributed by atoms with Crippen LogP contribution >= 0.6 is 0 Å². The molecule has 40 heavy (non-hydrogen) atoms. The van der Waals surface area contributed by atoms with Crippen LogP contribution < -0.4 is 0 Å². The Kier molecular flexibility index (Phi) is 7.51. The van der Waals surface area contributed by atoms with E-state index in [1.165, 1.54) is 45.3 Å². The number of carbonyl (C=O) groups excluding carboxylic acids is 1. The summed E-state index contributed by atoms with van der Waals surface area (Å²) >= 11 is 0. The minimum Gasteiger partial charge on any atom is -0.395 e. The monoisotopic (exact) mass is 561 g/mol. The summed E-state index contributed by atoms with van der Waals surface area (Å²) in [6, 6.07) is 11.5. The van der Waals surface area contributed by atoms with E-state index in [0.717, 1.165) is 32.1 Å². The Morgan fingerprint density at radius 1 is 1.15 bits per heavy atom. The molecule has 0 amide bonds. The number of carbonyl (C=O) groups is 1. The van der Waals surface area contributed by atoms with E-state index in [4.69, 9.17) is 5.53 Å². The highest BCUT2D eigenvalue weighted by molar-refractivity contribution is 7.89. The van der Waals surface area contributed by atoms with Gasteiger partial charge in [0.15, 0.2) is 0 Å². The summed E-state index contributed by atoms with van der Waals surface area (Å²) in [6.07, 6.45) is 7.80. The van der Waals surface area contributed by atoms with Crippen molar-refractivity contribution in [3.05, 3.63) is 75.8 Å². The molecule has 2 aromatic carbocycles. The van der Waals surface area contributed by atoms with Gasteiger partial charge < -0.3 is 10.6 Å². The number of nitrogens with zero attached hydrogens (tertiary/aromatic N) is 3. The molecule has 0 saturated heterocycles. The smallest absolute Gasteiger partial charge is 0.362 e. The summed E-state index contributed by atoms with van der Waals surface area (Å²) < 4.78 is 29.8. The zero-order valence-corrected chi connectivity index (χ0v) is 24.7. The standard InChI is InChI=1S/C32H39N3O4S/c1-21(2)22-9-12-26-23(19-22)10-14-29-31(3,15-6-16-32(26,29)4)20-35(17-18-36)40(38,39)28-8-5-7-25-24(28)11-13-27(34-33)30(25)37/h5,7-9,11-13,19,21,29,36H,6,10,14-18,20H2,1-4H3/t29-,31+,32+/m0/s1. The van der Waals surface area contributed by atoms with Gasteiger partial charge in [-0.1, -0.05) is 64.4 Å². The number of ketones is 1. The Labute approximate surface area is 237 Å². The van der Waals surface area contributed by atoms with E-state index in [1.807, 2.05) is 0 Å². The largest absolute Gasteiger partial charge is 0.395 e. The Bertz CT molecular complexity index is 1540. The molecule has 212 valence electrons. The number of hydrogen-bond acceptors (Lipinski definition) is 4. The van der Waals surface area contributed by atoms with Crippen molar-refractivity contribution >= 4 is 27.6 Å². The number of allylic oxidation sites excluding steroid dienone is 1. The van der Waals surface area contributed by atoms with Gasteiger partial charge in [-0.15, -0.1) is 0 Å². The SMILES string of the molecule is CC(C)c1ccc2c(c1)CC[C@H]1[C@@](C)(CN(CCO)S(=O)(=O)c3cccc4c3C=CC(=[N+]=[N-])C4=O)CCC[C@]21C. The third-order valence-corrected chi connectivity index (χ3v) is 11.6. The number of aliphatic hydroxyl groups excluding tert-OH is 1. The van der Waals surface area contributed by atoms with Gasteiger partial charge in [-0.05, 0) is 77.2 Å². The predicted octanol–water partition coefficient (Wildman–Crippen LogP) is 5.38. The van der Waals surface area contributed by atoms with Crippen LogP contribution in [0.3, 0.4) is 0 Å². The summed E-state index contributed by atoms with van der Waals surface area (Å²) in [7, 11) is -4.06. The van der Waals surface area contributed by atoms with Gasteiger partial charge in [0.1, 0.15) is 0 Å². The Morgan fingerprint density at radius 2 is 1.93 bits per heavy atom. The average molecular weight is 562 g/mol. The number of sulfonamides is 1. The van der Waals surface area contributed by atoms with E-state index in [2.05, 4.69) is 50.7 Å². The lowest BCUT2D eigenvalue weighted by Crippen LogP contribution is -2.54. The average Bonchev–Trinajstić information content (AvgIpc) is 2.92. The number of aryl methyl sites for hydroxylation is 1. The number of fused-ring (bicyclic) bond motifs is 4. The maximum atomic E-state index is 14.2. The van der Waals surface area contributed by atoms with Crippen LogP contribution in [-0.2, 0) is 21.9 Å². The van der Waals surface area contributed by atoms with Crippen LogP contribution in [0.25, 0.3) is 11.6 Å². The number of aliphatic hydroxyl groups is 1. The van der Waals surface area contributed by atoms with E-state index < -0.39 is 15.8 Å². The quantitative estimate of drug-likeness (QED) is 0.361. The van der Waals surface area contributed by atoms with Gasteiger partial charge in [-0.2, -0.15) is 9.10 Å². The maximum Gasteiger partial charge on any atom is 0.362 e. The fraction of sp³-hybridized carbons (Fsp3) is 0.500. The number of hydrogen-bond donors (Lipinski definition) is 1. The zero-order valence-electron chi connectivity index (χ0n) is 23.9. The molecular weight excluding hydrogens is 522 g/mol. The number of benzene rings is 2. The van der Waals surface area contributed by atoms with E-state index in [1.54, 1.807) is 6.07 Å². The molecule has 0 aliphatic heterocycles. The van der Waals surface area contributed by atoms with Gasteiger partial charge in [0.05, 0.1) is 11.5 Å². The molecule has 1 fully saturated rings. The molecule has 0 unspecified atom stereocenters. The van der Waals surface area contributed by atoms with Gasteiger partial charge >= 0.3 is 5.71 Å². The summed E-state index contributed by atoms with van der Waals surface area (Å²) in [5.41, 5.74) is 13.3. The first kappa shape index (κ1) is 28.6. The van der Waals surface area contributed by atoms with Crippen molar-refractivity contribution in [3.8, 4) is 0 Å². The first-order chi connectivity index (χ1) is 19.0. The molecule has 1 saturated carbocycles. The van der Waals surface area contributed by atoms with Gasteiger partial charge in [-0.3, -0.25) is 4.79 Å². The minimum atomic E-state index is -4.06. The summed E-state index contributed by atoms with van der Waals surface area (Å²) in [5, 5.41) is 9.97. The van der Waals surface area contributed by atoms with Gasteiger partial charge in [0.2, 0.25) is 10.0 Å². The molecule has 2 aromatic rings. The molecule has 0 spiro atoms. The Balaban J connectivity index is 1.52. The lowest BCUT2D eigenvalue weighted by atomic mass is 9.49. The molecule has 0 bridgehead atoms. The van der Waals surface area contributed by atoms with Crippen LogP contribution in [0.1, 0.15) is 91.9 Å². The van der Waals surface area contributed by atoms with Crippen molar-refractivity contribution in [3.63, 3.8) is 0 Å². The van der Waals surface area contributed by atoms with Crippen LogP contribution in [0.4, 0.5) is 0 Å². The van der Waals surface area contributed by atoms with Crippen molar-refractivity contribution in [1.29, 1.82) is 0 Å². The molecule has 0 aromatic heterocycles. The molecule has 0 radical (unpaired) electrons. The molecule has 7 nitrogen and oxygen atoms in total. The Hall–Kier alpha value is -2.90. The highest BCUT2D eigenvalue weighted by Gasteiger charge is 2.53. The first-order valence-corrected chi connectivity index (χ1v) is 15.7. The fourth-order valence-electron chi connectivity index (χ4n) is 7.72. The van der Waals surface area contributed by atoms with Crippen molar-refractivity contribution in [2.75, 3.05) is 19.7 Å². The van der Waals surface area contributed by atoms with Crippen LogP contribution in [0, 0.1) is 11.3 Å². The molecule has 3 atom stereocenters. The first-order valence-electron chi connectivity index (χ1n) is 14.3. The third kappa shape index (κ3) is 4.61. The second-order valence-corrected chi connectivity index (χ2v) is 14.4. The van der Waals surface area contributed by atoms with Crippen LogP contribution in [-0.4, -0.2) is 53.8 Å². The molecule has 3 aliphatic rings. The highest BCUT2D eigenvalue weighted by Crippen LogP contribution is 2.57. The van der Waals surface area contributed by atoms with E-state index in [0.29, 0.717) is 12.5 Å². The number of Topliss-reactive ketones (excluding diaryl/α,β-unsaturated/α-hetero) is 1. The van der Waals surface area contributed by atoms with Gasteiger partial charge in [0.25, 0.3) is 5.78 Å². The van der Waals surface area contributed by atoms with E-state index >= 15 is 0 Å². The lowest BCUT2D eigenvalue weighted by Gasteiger charge is -2.56. The molecule has 8 heteroatoms. The third-order valence-electron chi connectivity index (χ3n) is 9.73. The second-order valence-electron chi connectivity index (χ2n) is 12.5. The van der Waals surface area contributed by atoms with Gasteiger partial charge in [0, 0.05) is 30.3 Å². The van der Waals surface area contributed by atoms with Crippen molar-refractivity contribution in [2.45, 2.75) is 76.0 Å². The normalized spacial score (nSPS) is 25.9. The molecule has 1 N–H and O–H groups in total. The summed E-state index contributed by atoms with van der Waals surface area (Å²) in [4.78, 5) is 15.8. The predicted molar refractivity (Wildman–Crippen MR) is 156 cm³/mol. The van der Waals surface area contributed by atoms with E-state index in [-0.39, 0.29) is 51.6 Å². The second kappa shape index (κ2) is 10.5. The van der Waals surface area contributed by atoms with Crippen LogP contribution in [0.5, 0.6) is 0 Å². The Morgan fingerprint density at radius 3 is 2.62 bits per heavy atom. The summed E-state index contributed by atoms with van der Waals surface area (Å²) in [6.45, 7) is 8.98. The molecule has 5 rings (SSSR count). The van der Waals surface area contributed by atoms with E-state index in [9.17, 15) is 18.3 Å². The summed E-state index contributed by atoms with van der Waals surface area (Å²) in [5.74, 6) is 0.236. The molecule has 0 heterocycles. The van der Waals surface area contributed by atoms with Crippen molar-refractivity contribution < 1.29 is 23.1 Å².